The Kier molecular flexibility index (Phi) is 4.94. The third-order valence-electron chi connectivity index (χ3n) is 2.97. The van der Waals surface area contributed by atoms with Crippen molar-refractivity contribution < 1.29 is 4.39 Å². The van der Waals surface area contributed by atoms with E-state index >= 15 is 0 Å². The average Bonchev–Trinajstić information content (AvgIpc) is 2.73. The van der Waals surface area contributed by atoms with Crippen molar-refractivity contribution in [2.45, 2.75) is 20.4 Å². The van der Waals surface area contributed by atoms with Crippen LogP contribution in [0.2, 0.25) is 0 Å². The van der Waals surface area contributed by atoms with Crippen molar-refractivity contribution in [1.29, 1.82) is 0 Å². The molecular formula is C15H19BrFN3. The minimum Gasteiger partial charge on any atom is -0.312 e. The Morgan fingerprint density at radius 2 is 2.15 bits per heavy atom. The van der Waals surface area contributed by atoms with Gasteiger partial charge in [-0.15, -0.1) is 0 Å². The molecule has 0 saturated heterocycles. The van der Waals surface area contributed by atoms with E-state index in [1.54, 1.807) is 16.8 Å². The average molecular weight is 340 g/mol. The summed E-state index contributed by atoms with van der Waals surface area (Å²) in [7, 11) is 1.90. The first-order chi connectivity index (χ1) is 9.47. The van der Waals surface area contributed by atoms with E-state index in [9.17, 15) is 4.39 Å². The monoisotopic (exact) mass is 339 g/mol. The summed E-state index contributed by atoms with van der Waals surface area (Å²) in [6.07, 6.45) is 2.00. The fourth-order valence-corrected chi connectivity index (χ4v) is 2.43. The Bertz CT molecular complexity index is 593. The molecule has 1 aromatic heterocycles. The van der Waals surface area contributed by atoms with Crippen LogP contribution in [0.15, 0.2) is 28.9 Å². The lowest BCUT2D eigenvalue weighted by Crippen LogP contribution is -2.19. The summed E-state index contributed by atoms with van der Waals surface area (Å²) in [4.78, 5) is 0. The minimum absolute atomic E-state index is 0.260. The largest absolute Gasteiger partial charge is 0.312 e. The molecule has 1 N–H and O–H groups in total. The third kappa shape index (κ3) is 3.67. The molecule has 2 aromatic rings. The van der Waals surface area contributed by atoms with Crippen LogP contribution in [0, 0.1) is 11.7 Å². The van der Waals surface area contributed by atoms with Gasteiger partial charge in [-0.2, -0.15) is 5.10 Å². The van der Waals surface area contributed by atoms with Crippen LogP contribution >= 0.6 is 15.9 Å². The molecule has 0 bridgehead atoms. The molecule has 0 saturated carbocycles. The van der Waals surface area contributed by atoms with Crippen LogP contribution in [0.25, 0.3) is 11.3 Å². The van der Waals surface area contributed by atoms with E-state index in [0.29, 0.717) is 10.4 Å². The highest BCUT2D eigenvalue weighted by atomic mass is 79.9. The van der Waals surface area contributed by atoms with Gasteiger partial charge in [0, 0.05) is 30.9 Å². The van der Waals surface area contributed by atoms with Gasteiger partial charge >= 0.3 is 0 Å². The summed E-state index contributed by atoms with van der Waals surface area (Å²) in [6, 6.07) is 4.98. The van der Waals surface area contributed by atoms with E-state index in [0.717, 1.165) is 29.9 Å². The van der Waals surface area contributed by atoms with Crippen LogP contribution < -0.4 is 5.32 Å². The fourth-order valence-electron chi connectivity index (χ4n) is 2.05. The Morgan fingerprint density at radius 3 is 2.80 bits per heavy atom. The second kappa shape index (κ2) is 6.50. The zero-order valence-corrected chi connectivity index (χ0v) is 13.5. The smallest absolute Gasteiger partial charge is 0.137 e. The van der Waals surface area contributed by atoms with Crippen molar-refractivity contribution in [3.05, 3.63) is 40.2 Å². The van der Waals surface area contributed by atoms with E-state index in [2.05, 4.69) is 40.2 Å². The number of aryl methyl sites for hydroxylation is 1. The number of hydrogen-bond acceptors (Lipinski definition) is 2. The van der Waals surface area contributed by atoms with Gasteiger partial charge in [-0.25, -0.2) is 4.39 Å². The maximum atomic E-state index is 13.3. The summed E-state index contributed by atoms with van der Waals surface area (Å²) in [5.74, 6) is 0.347. The zero-order chi connectivity index (χ0) is 14.7. The topological polar surface area (TPSA) is 29.9 Å². The van der Waals surface area contributed by atoms with Crippen LogP contribution in [0.3, 0.4) is 0 Å². The van der Waals surface area contributed by atoms with Gasteiger partial charge in [0.1, 0.15) is 5.82 Å². The molecule has 0 radical (unpaired) electrons. The third-order valence-corrected chi connectivity index (χ3v) is 3.57. The summed E-state index contributed by atoms with van der Waals surface area (Å²) < 4.78 is 15.6. The predicted molar refractivity (Wildman–Crippen MR) is 82.8 cm³/mol. The molecule has 0 atom stereocenters. The molecule has 0 aliphatic heterocycles. The Balaban J connectivity index is 2.24. The molecule has 3 nitrogen and oxygen atoms in total. The van der Waals surface area contributed by atoms with Crippen molar-refractivity contribution in [2.75, 3.05) is 6.54 Å². The van der Waals surface area contributed by atoms with Gasteiger partial charge in [-0.05, 0) is 46.6 Å². The maximum absolute atomic E-state index is 13.3. The first-order valence-electron chi connectivity index (χ1n) is 6.66. The molecule has 0 amide bonds. The molecule has 0 unspecified atom stereocenters. The quantitative estimate of drug-likeness (QED) is 0.899. The van der Waals surface area contributed by atoms with E-state index in [-0.39, 0.29) is 5.82 Å². The second-order valence-corrected chi connectivity index (χ2v) is 6.18. The highest BCUT2D eigenvalue weighted by Gasteiger charge is 2.11. The van der Waals surface area contributed by atoms with Crippen molar-refractivity contribution >= 4 is 15.9 Å². The zero-order valence-electron chi connectivity index (χ0n) is 12.0. The van der Waals surface area contributed by atoms with E-state index < -0.39 is 0 Å². The van der Waals surface area contributed by atoms with Gasteiger partial charge < -0.3 is 5.32 Å². The molecule has 1 aromatic carbocycles. The molecule has 108 valence electrons. The maximum Gasteiger partial charge on any atom is 0.137 e. The fraction of sp³-hybridized carbons (Fsp3) is 0.400. The Morgan fingerprint density at radius 1 is 1.40 bits per heavy atom. The van der Waals surface area contributed by atoms with Crippen LogP contribution in [-0.4, -0.2) is 16.3 Å². The molecule has 1 heterocycles. The minimum atomic E-state index is -0.260. The highest BCUT2D eigenvalue weighted by Crippen LogP contribution is 2.26. The number of rotatable bonds is 5. The standard InChI is InChI=1S/C15H19BrFN3/c1-10(2)7-18-8-12-9-20(3)19-15(12)11-4-5-14(17)13(16)6-11/h4-6,9-10,18H,7-8H2,1-3H3. The van der Waals surface area contributed by atoms with Gasteiger partial charge in [-0.3, -0.25) is 4.68 Å². The summed E-state index contributed by atoms with van der Waals surface area (Å²) in [6.45, 7) is 6.07. The van der Waals surface area contributed by atoms with Gasteiger partial charge in [0.15, 0.2) is 0 Å². The number of aromatic nitrogens is 2. The van der Waals surface area contributed by atoms with E-state index in [1.165, 1.54) is 6.07 Å². The number of halogens is 2. The van der Waals surface area contributed by atoms with Crippen LogP contribution in [0.4, 0.5) is 4.39 Å². The summed E-state index contributed by atoms with van der Waals surface area (Å²) in [5.41, 5.74) is 2.93. The normalized spacial score (nSPS) is 11.3. The lowest BCUT2D eigenvalue weighted by Gasteiger charge is -2.07. The van der Waals surface area contributed by atoms with Crippen molar-refractivity contribution in [3.8, 4) is 11.3 Å². The lowest BCUT2D eigenvalue weighted by molar-refractivity contribution is 0.552. The summed E-state index contributed by atoms with van der Waals surface area (Å²) in [5, 5.41) is 7.89. The molecule has 0 fully saturated rings. The van der Waals surface area contributed by atoms with Crippen LogP contribution in [0.5, 0.6) is 0 Å². The number of hydrogen-bond donors (Lipinski definition) is 1. The molecule has 2 rings (SSSR count). The SMILES string of the molecule is CC(C)CNCc1cn(C)nc1-c1ccc(F)c(Br)c1. The van der Waals surface area contributed by atoms with Gasteiger partial charge in [0.2, 0.25) is 0 Å². The molecule has 5 heteroatoms. The molecule has 0 aliphatic carbocycles. The van der Waals surface area contributed by atoms with Crippen LogP contribution in [-0.2, 0) is 13.6 Å². The van der Waals surface area contributed by atoms with Crippen molar-refractivity contribution in [2.24, 2.45) is 13.0 Å². The second-order valence-electron chi connectivity index (χ2n) is 5.33. The highest BCUT2D eigenvalue weighted by molar-refractivity contribution is 9.10. The van der Waals surface area contributed by atoms with Gasteiger partial charge in [-0.1, -0.05) is 13.8 Å². The molecule has 0 spiro atoms. The van der Waals surface area contributed by atoms with Gasteiger partial charge in [0.05, 0.1) is 10.2 Å². The molecular weight excluding hydrogens is 321 g/mol. The first kappa shape index (κ1) is 15.2. The van der Waals surface area contributed by atoms with E-state index in [1.807, 2.05) is 13.2 Å². The van der Waals surface area contributed by atoms with Crippen molar-refractivity contribution in [1.82, 2.24) is 15.1 Å². The number of benzene rings is 1. The predicted octanol–water partition coefficient (Wildman–Crippen LogP) is 3.73. The lowest BCUT2D eigenvalue weighted by atomic mass is 10.1. The van der Waals surface area contributed by atoms with Crippen LogP contribution in [0.1, 0.15) is 19.4 Å². The van der Waals surface area contributed by atoms with E-state index in [4.69, 9.17) is 0 Å². The molecule has 0 aliphatic rings. The first-order valence-corrected chi connectivity index (χ1v) is 7.45. The van der Waals surface area contributed by atoms with Gasteiger partial charge in [0.25, 0.3) is 0 Å². The number of nitrogens with zero attached hydrogens (tertiary/aromatic N) is 2. The Hall–Kier alpha value is -1.20. The van der Waals surface area contributed by atoms with Crippen molar-refractivity contribution in [3.63, 3.8) is 0 Å². The Labute approximate surface area is 127 Å². The molecule has 20 heavy (non-hydrogen) atoms. The number of nitrogens with one attached hydrogen (secondary N) is 1. The summed E-state index contributed by atoms with van der Waals surface area (Å²) >= 11 is 3.22.